The summed E-state index contributed by atoms with van der Waals surface area (Å²) in [5, 5.41) is 8.86. The van der Waals surface area contributed by atoms with Gasteiger partial charge in [-0.1, -0.05) is 137 Å². The number of aliphatic hydroxyl groups is 1. The summed E-state index contributed by atoms with van der Waals surface area (Å²) >= 11 is 0. The van der Waals surface area contributed by atoms with Gasteiger partial charge in [0, 0.05) is 18.8 Å². The normalized spacial score (nSPS) is 9.74. The van der Waals surface area contributed by atoms with Gasteiger partial charge in [0.25, 0.3) is 0 Å². The summed E-state index contributed by atoms with van der Waals surface area (Å²) in [6.45, 7) is 26.5. The molecule has 0 aliphatic heterocycles. The smallest absolute Gasteiger partial charge is 0.159 e. The van der Waals surface area contributed by atoms with Gasteiger partial charge in [-0.15, -0.1) is 6.58 Å². The van der Waals surface area contributed by atoms with E-state index in [-0.39, 0.29) is 40.3 Å². The van der Waals surface area contributed by atoms with E-state index in [1.54, 1.807) is 13.0 Å². The molecule has 0 bridgehead atoms. The molecule has 0 radical (unpaired) electrons. The number of aryl methyl sites for hydroxylation is 1. The van der Waals surface area contributed by atoms with Crippen LogP contribution >= 0.6 is 0 Å². The van der Waals surface area contributed by atoms with Crippen molar-refractivity contribution >= 4 is 5.78 Å². The maximum Gasteiger partial charge on any atom is 0.159 e. The number of rotatable bonds is 13. The van der Waals surface area contributed by atoms with Crippen molar-refractivity contribution in [3.63, 3.8) is 0 Å². The first kappa shape index (κ1) is 56.5. The van der Waals surface area contributed by atoms with Gasteiger partial charge in [-0.2, -0.15) is 0 Å². The van der Waals surface area contributed by atoms with Gasteiger partial charge in [-0.25, -0.2) is 0 Å². The molecule has 0 aliphatic carbocycles. The summed E-state index contributed by atoms with van der Waals surface area (Å²) in [7, 11) is 0. The van der Waals surface area contributed by atoms with Crippen LogP contribution in [0.1, 0.15) is 120 Å². The zero-order valence-electron chi connectivity index (χ0n) is 27.4. The fraction of sp³-hybridized carbons (Fsp3) is 0.605. The Morgan fingerprint density at radius 3 is 1.51 bits per heavy atom. The van der Waals surface area contributed by atoms with Crippen LogP contribution in [0.3, 0.4) is 0 Å². The van der Waals surface area contributed by atoms with E-state index in [1.807, 2.05) is 84.9 Å². The molecular weight excluding hydrogens is 536 g/mol. The number of carbonyl (C=O) groups is 1. The quantitative estimate of drug-likeness (QED) is 0.180. The number of aliphatic hydroxyl groups excluding tert-OH is 1. The van der Waals surface area contributed by atoms with Crippen molar-refractivity contribution in [2.24, 2.45) is 0 Å². The van der Waals surface area contributed by atoms with Crippen molar-refractivity contribution in [3.05, 3.63) is 84.4 Å². The Hall–Kier alpha value is -2.31. The second-order valence-electron chi connectivity index (χ2n) is 7.79. The fourth-order valence-corrected chi connectivity index (χ4v) is 2.50. The number of carbonyl (C=O) groups excluding carboxylic acids is 1. The van der Waals surface area contributed by atoms with Crippen molar-refractivity contribution in [1.82, 2.24) is 0 Å². The third-order valence-corrected chi connectivity index (χ3v) is 4.83. The van der Waals surface area contributed by atoms with Crippen molar-refractivity contribution in [3.8, 4) is 0 Å². The number of Topliss-reactive ketones (excluding diaryl/α,β-unsaturated/α-hetero) is 1. The van der Waals surface area contributed by atoms with E-state index in [1.165, 1.54) is 5.56 Å². The monoisotopic (exact) mass is 611 g/mol. The molecule has 256 valence electrons. The summed E-state index contributed by atoms with van der Waals surface area (Å²) in [4.78, 5) is 10.6. The number of hydrogen-bond donors (Lipinski definition) is 1. The molecule has 2 atom stereocenters. The van der Waals surface area contributed by atoms with Crippen molar-refractivity contribution < 1.29 is 24.1 Å². The second-order valence-corrected chi connectivity index (χ2v) is 7.79. The lowest BCUT2D eigenvalue weighted by Gasteiger charge is -2.13. The highest BCUT2D eigenvalue weighted by Gasteiger charge is 2.03. The predicted octanol–water partition coefficient (Wildman–Crippen LogP) is 10.9. The van der Waals surface area contributed by atoms with E-state index in [2.05, 4.69) is 44.7 Å². The SMILES string of the molecule is C.C.C.C=CCOC(CC)COCC.CC.CC.CC(=O)c1ccccc1.CCOCC(O)CC.CCc1ccccc1. The first-order chi connectivity index (χ1) is 19.4. The minimum atomic E-state index is -0.269. The summed E-state index contributed by atoms with van der Waals surface area (Å²) in [6, 6.07) is 19.7. The molecule has 0 saturated carbocycles. The lowest BCUT2D eigenvalue weighted by Crippen LogP contribution is -2.18. The van der Waals surface area contributed by atoms with E-state index < -0.39 is 0 Å². The summed E-state index contributed by atoms with van der Waals surface area (Å²) in [5.74, 6) is 0.121. The molecule has 2 unspecified atom stereocenters. The largest absolute Gasteiger partial charge is 0.391 e. The zero-order valence-corrected chi connectivity index (χ0v) is 27.4. The Balaban J connectivity index is -0.0000000759. The third-order valence-electron chi connectivity index (χ3n) is 4.83. The van der Waals surface area contributed by atoms with Crippen LogP contribution in [0.2, 0.25) is 0 Å². The van der Waals surface area contributed by atoms with Crippen LogP contribution in [0.15, 0.2) is 73.3 Å². The molecule has 0 fully saturated rings. The number of benzene rings is 2. The lowest BCUT2D eigenvalue weighted by molar-refractivity contribution is -0.00360. The summed E-state index contributed by atoms with van der Waals surface area (Å²) in [6.07, 6.45) is 4.63. The van der Waals surface area contributed by atoms with Gasteiger partial charge < -0.3 is 19.3 Å². The number of ether oxygens (including phenoxy) is 3. The zero-order chi connectivity index (χ0) is 31.4. The summed E-state index contributed by atoms with van der Waals surface area (Å²) < 4.78 is 15.6. The van der Waals surface area contributed by atoms with E-state index >= 15 is 0 Å². The topological polar surface area (TPSA) is 65.0 Å². The Morgan fingerprint density at radius 2 is 1.21 bits per heavy atom. The minimum Gasteiger partial charge on any atom is -0.391 e. The molecule has 0 aliphatic rings. The van der Waals surface area contributed by atoms with Crippen LogP contribution < -0.4 is 0 Å². The lowest BCUT2D eigenvalue weighted by atomic mass is 10.2. The Bertz CT molecular complexity index is 720. The maximum atomic E-state index is 10.6. The van der Waals surface area contributed by atoms with E-state index in [0.29, 0.717) is 26.4 Å². The minimum absolute atomic E-state index is 0. The molecule has 0 amide bonds. The molecular formula is C38H74O5. The van der Waals surface area contributed by atoms with Gasteiger partial charge in [-0.3, -0.25) is 4.79 Å². The Labute approximate surface area is 270 Å². The highest BCUT2D eigenvalue weighted by atomic mass is 16.5. The molecule has 0 spiro atoms. The van der Waals surface area contributed by atoms with Gasteiger partial charge in [0.05, 0.1) is 32.0 Å². The van der Waals surface area contributed by atoms with E-state index in [9.17, 15) is 4.79 Å². The molecule has 2 rings (SSSR count). The van der Waals surface area contributed by atoms with Crippen LogP contribution in [0, 0.1) is 0 Å². The molecule has 5 heteroatoms. The Morgan fingerprint density at radius 1 is 0.767 bits per heavy atom. The van der Waals surface area contributed by atoms with Crippen molar-refractivity contribution in [1.29, 1.82) is 0 Å². The van der Waals surface area contributed by atoms with Crippen molar-refractivity contribution in [2.75, 3.05) is 33.0 Å². The van der Waals surface area contributed by atoms with Crippen LogP contribution in [-0.2, 0) is 20.6 Å². The molecule has 2 aromatic carbocycles. The molecule has 1 N–H and O–H groups in total. The molecule has 5 nitrogen and oxygen atoms in total. The molecule has 43 heavy (non-hydrogen) atoms. The van der Waals surface area contributed by atoms with Gasteiger partial charge >= 0.3 is 0 Å². The predicted molar refractivity (Wildman–Crippen MR) is 195 cm³/mol. The highest BCUT2D eigenvalue weighted by molar-refractivity contribution is 5.93. The molecule has 0 saturated heterocycles. The number of hydrogen-bond acceptors (Lipinski definition) is 5. The second kappa shape index (κ2) is 49.4. The average molecular weight is 611 g/mol. The fourth-order valence-electron chi connectivity index (χ4n) is 2.50. The molecule has 0 aromatic heterocycles. The summed E-state index contributed by atoms with van der Waals surface area (Å²) in [5.41, 5.74) is 2.19. The van der Waals surface area contributed by atoms with E-state index in [4.69, 9.17) is 19.3 Å². The van der Waals surface area contributed by atoms with Crippen LogP contribution in [0.4, 0.5) is 0 Å². The van der Waals surface area contributed by atoms with Crippen LogP contribution in [0.5, 0.6) is 0 Å². The maximum absolute atomic E-state index is 10.6. The first-order valence-corrected chi connectivity index (χ1v) is 15.1. The highest BCUT2D eigenvalue weighted by Crippen LogP contribution is 1.99. The number of ketones is 1. The molecule has 0 heterocycles. The first-order valence-electron chi connectivity index (χ1n) is 15.1. The van der Waals surface area contributed by atoms with Gasteiger partial charge in [0.15, 0.2) is 5.78 Å². The Kier molecular flexibility index (Phi) is 64.8. The van der Waals surface area contributed by atoms with Gasteiger partial charge in [-0.05, 0) is 45.6 Å². The third kappa shape index (κ3) is 44.3. The standard InChI is InChI=1S/C9H18O2.C8H8O.C8H10.C6H14O2.2C2H6.3CH4/c1-4-7-11-9(5-2)8-10-6-3;1-7(9)8-5-3-2-4-6-8;1-2-8-6-4-3-5-7-8;1-3-6(7)5-8-4-2;2*1-2;;;/h4,9H,1,5-8H2,2-3H3;2-6H,1H3;3-7H,2H2,1H3;6-7H,3-5H2,1-2H3;2*1-2H3;3*1H4. The van der Waals surface area contributed by atoms with Gasteiger partial charge in [0.2, 0.25) is 0 Å². The van der Waals surface area contributed by atoms with E-state index in [0.717, 1.165) is 31.4 Å². The van der Waals surface area contributed by atoms with Crippen molar-refractivity contribution in [2.45, 2.75) is 123 Å². The van der Waals surface area contributed by atoms with Crippen LogP contribution in [-0.4, -0.2) is 56.1 Å². The van der Waals surface area contributed by atoms with Crippen LogP contribution in [0.25, 0.3) is 0 Å². The molecule has 2 aromatic rings. The van der Waals surface area contributed by atoms with Gasteiger partial charge in [0.1, 0.15) is 0 Å². The average Bonchev–Trinajstić information content (AvgIpc) is 3.03.